The van der Waals surface area contributed by atoms with Crippen molar-refractivity contribution in [2.45, 2.75) is 66.2 Å². The third-order valence-electron chi connectivity index (χ3n) is 8.25. The summed E-state index contributed by atoms with van der Waals surface area (Å²) < 4.78 is 5.77. The van der Waals surface area contributed by atoms with E-state index in [9.17, 15) is 14.4 Å². The molecule has 0 fully saturated rings. The molecule has 1 heterocycles. The number of benzene rings is 2. The largest absolute Gasteiger partial charge is 0.482 e. The Morgan fingerprint density at radius 3 is 2.08 bits per heavy atom. The Morgan fingerprint density at radius 1 is 0.950 bits per heavy atom. The maximum atomic E-state index is 13.7. The summed E-state index contributed by atoms with van der Waals surface area (Å²) in [6, 6.07) is 12.9. The van der Waals surface area contributed by atoms with E-state index in [2.05, 4.69) is 37.9 Å². The summed E-state index contributed by atoms with van der Waals surface area (Å²) in [4.78, 5) is 42.0. The van der Waals surface area contributed by atoms with Crippen molar-refractivity contribution in [1.82, 2.24) is 4.90 Å². The van der Waals surface area contributed by atoms with E-state index in [-0.39, 0.29) is 34.9 Å². The zero-order valence-corrected chi connectivity index (χ0v) is 24.9. The number of aryl methyl sites for hydroxylation is 1. The van der Waals surface area contributed by atoms with Gasteiger partial charge in [-0.05, 0) is 59.9 Å². The van der Waals surface area contributed by atoms with E-state index >= 15 is 0 Å². The van der Waals surface area contributed by atoms with Gasteiger partial charge in [0.15, 0.2) is 18.2 Å². The van der Waals surface area contributed by atoms with Crippen molar-refractivity contribution in [3.05, 3.63) is 81.2 Å². The Balaban J connectivity index is 1.47. The first-order chi connectivity index (χ1) is 18.8. The summed E-state index contributed by atoms with van der Waals surface area (Å²) in [5.41, 5.74) is 5.57. The standard InChI is InChI=1S/C33H37ClN2O4/c1-19-9-7-8-10-22(19)35-28(39)18-40-27-12-11-20(13-21(27)34)29-30-23(14-32(2,3)16-25(30)37)36(6)24-15-33(4,5)17-26(38)31(24)29/h7-13,29H,14-18H2,1-6H3,(H,35,39). The van der Waals surface area contributed by atoms with Crippen LogP contribution in [0, 0.1) is 17.8 Å². The molecule has 0 atom stereocenters. The summed E-state index contributed by atoms with van der Waals surface area (Å²) in [6.07, 6.45) is 2.39. The van der Waals surface area contributed by atoms with E-state index in [1.165, 1.54) is 0 Å². The number of hydrogen-bond acceptors (Lipinski definition) is 5. The number of nitrogens with zero attached hydrogens (tertiary/aromatic N) is 1. The van der Waals surface area contributed by atoms with Gasteiger partial charge < -0.3 is 15.0 Å². The van der Waals surface area contributed by atoms with Crippen molar-refractivity contribution in [1.29, 1.82) is 0 Å². The molecule has 40 heavy (non-hydrogen) atoms. The normalized spacial score (nSPS) is 20.3. The average molecular weight is 561 g/mol. The lowest BCUT2D eigenvalue weighted by molar-refractivity contribution is -0.120. The van der Waals surface area contributed by atoms with Crippen LogP contribution in [0.4, 0.5) is 5.69 Å². The lowest BCUT2D eigenvalue weighted by Gasteiger charge is -2.47. The molecule has 6 nitrogen and oxygen atoms in total. The van der Waals surface area contributed by atoms with E-state index in [1.807, 2.05) is 44.3 Å². The number of anilines is 1. The summed E-state index contributed by atoms with van der Waals surface area (Å²) in [6.45, 7) is 10.2. The third-order valence-corrected chi connectivity index (χ3v) is 8.54. The van der Waals surface area contributed by atoms with Gasteiger partial charge in [0.2, 0.25) is 0 Å². The van der Waals surface area contributed by atoms with Crippen LogP contribution in [0.25, 0.3) is 0 Å². The van der Waals surface area contributed by atoms with Crippen molar-refractivity contribution in [2.75, 3.05) is 19.0 Å². The van der Waals surface area contributed by atoms with Crippen molar-refractivity contribution >= 4 is 34.8 Å². The minimum absolute atomic E-state index is 0.0802. The average Bonchev–Trinajstić information content (AvgIpc) is 2.85. The fraction of sp³-hybridized carbons (Fsp3) is 0.424. The highest BCUT2D eigenvalue weighted by molar-refractivity contribution is 6.32. The number of carbonyl (C=O) groups excluding carboxylic acids is 3. The van der Waals surface area contributed by atoms with E-state index in [4.69, 9.17) is 16.3 Å². The molecule has 210 valence electrons. The minimum atomic E-state index is -0.468. The number of halogens is 1. The SMILES string of the molecule is Cc1ccccc1NC(=O)COc1ccc(C2C3=C(CC(C)(C)CC3=O)N(C)C3=C2C(=O)CC(C)(C)C3)cc1Cl. The Bertz CT molecular complexity index is 1430. The van der Waals surface area contributed by atoms with Crippen molar-refractivity contribution in [2.24, 2.45) is 10.8 Å². The smallest absolute Gasteiger partial charge is 0.262 e. The summed E-state index contributed by atoms with van der Waals surface area (Å²) >= 11 is 6.69. The fourth-order valence-electron chi connectivity index (χ4n) is 6.35. The van der Waals surface area contributed by atoms with Crippen LogP contribution in [0.5, 0.6) is 5.75 Å². The topological polar surface area (TPSA) is 75.7 Å². The van der Waals surface area contributed by atoms with Gasteiger partial charge in [-0.1, -0.05) is 63.6 Å². The monoisotopic (exact) mass is 560 g/mol. The van der Waals surface area contributed by atoms with E-state index in [1.54, 1.807) is 12.1 Å². The van der Waals surface area contributed by atoms with Crippen LogP contribution in [-0.2, 0) is 14.4 Å². The van der Waals surface area contributed by atoms with Crippen LogP contribution in [-0.4, -0.2) is 36.0 Å². The van der Waals surface area contributed by atoms with Crippen molar-refractivity contribution < 1.29 is 19.1 Å². The van der Waals surface area contributed by atoms with Crippen molar-refractivity contribution in [3.8, 4) is 5.75 Å². The first-order valence-electron chi connectivity index (χ1n) is 13.8. The summed E-state index contributed by atoms with van der Waals surface area (Å²) in [5.74, 6) is -0.230. The number of para-hydroxylation sites is 1. The molecular weight excluding hydrogens is 524 g/mol. The van der Waals surface area contributed by atoms with Crippen LogP contribution < -0.4 is 10.1 Å². The number of amides is 1. The lowest BCUT2D eigenvalue weighted by Crippen LogP contribution is -2.43. The van der Waals surface area contributed by atoms with E-state index in [0.29, 0.717) is 34.8 Å². The predicted octanol–water partition coefficient (Wildman–Crippen LogP) is 6.98. The molecular formula is C33H37ClN2O4. The second-order valence-electron chi connectivity index (χ2n) is 12.9. The molecule has 0 unspecified atom stereocenters. The van der Waals surface area contributed by atoms with Gasteiger partial charge in [-0.3, -0.25) is 14.4 Å². The summed E-state index contributed by atoms with van der Waals surface area (Å²) in [5, 5.41) is 3.18. The van der Waals surface area contributed by atoms with Gasteiger partial charge in [-0.25, -0.2) is 0 Å². The molecule has 0 aromatic heterocycles. The number of Topliss-reactive ketones (excluding diaryl/α,β-unsaturated/α-hetero) is 2. The molecule has 1 amide bonds. The van der Waals surface area contributed by atoms with E-state index in [0.717, 1.165) is 41.1 Å². The highest BCUT2D eigenvalue weighted by Gasteiger charge is 2.48. The quantitative estimate of drug-likeness (QED) is 0.427. The Morgan fingerprint density at radius 2 is 1.52 bits per heavy atom. The third kappa shape index (κ3) is 5.34. The number of allylic oxidation sites excluding steroid dienone is 4. The van der Waals surface area contributed by atoms with Crippen LogP contribution in [0.1, 0.15) is 70.4 Å². The molecule has 7 heteroatoms. The van der Waals surface area contributed by atoms with Gasteiger partial charge >= 0.3 is 0 Å². The van der Waals surface area contributed by atoms with Crippen molar-refractivity contribution in [3.63, 3.8) is 0 Å². The van der Waals surface area contributed by atoms with Gasteiger partial charge in [0.25, 0.3) is 5.91 Å². The van der Waals surface area contributed by atoms with Crippen LogP contribution in [0.15, 0.2) is 65.0 Å². The number of rotatable bonds is 5. The minimum Gasteiger partial charge on any atom is -0.482 e. The van der Waals surface area contributed by atoms with Gasteiger partial charge in [0.05, 0.1) is 5.02 Å². The summed E-state index contributed by atoms with van der Waals surface area (Å²) in [7, 11) is 2.00. The molecule has 2 aliphatic carbocycles. The highest BCUT2D eigenvalue weighted by atomic mass is 35.5. The number of hydrogen-bond donors (Lipinski definition) is 1. The molecule has 2 aromatic rings. The van der Waals surface area contributed by atoms with Crippen LogP contribution >= 0.6 is 11.6 Å². The second-order valence-corrected chi connectivity index (χ2v) is 13.3. The molecule has 0 saturated heterocycles. The van der Waals surface area contributed by atoms with E-state index < -0.39 is 5.92 Å². The molecule has 2 aromatic carbocycles. The van der Waals surface area contributed by atoms with Gasteiger partial charge in [0, 0.05) is 54.0 Å². The zero-order valence-electron chi connectivity index (χ0n) is 24.1. The Hall–Kier alpha value is -3.38. The maximum Gasteiger partial charge on any atom is 0.262 e. The van der Waals surface area contributed by atoms with Gasteiger partial charge in [0.1, 0.15) is 5.75 Å². The number of nitrogens with one attached hydrogen (secondary N) is 1. The highest BCUT2D eigenvalue weighted by Crippen LogP contribution is 2.54. The molecule has 0 spiro atoms. The van der Waals surface area contributed by atoms with Gasteiger partial charge in [-0.2, -0.15) is 0 Å². The number of ether oxygens (including phenoxy) is 1. The Labute approximate surface area is 241 Å². The first kappa shape index (κ1) is 28.2. The predicted molar refractivity (Wildman–Crippen MR) is 157 cm³/mol. The second kappa shape index (κ2) is 10.2. The lowest BCUT2D eigenvalue weighted by atomic mass is 9.64. The molecule has 5 rings (SSSR count). The molecule has 1 N–H and O–H groups in total. The zero-order chi connectivity index (χ0) is 29.0. The molecule has 0 radical (unpaired) electrons. The molecule has 1 aliphatic heterocycles. The van der Waals surface area contributed by atoms with Gasteiger partial charge in [-0.15, -0.1) is 0 Å². The maximum absolute atomic E-state index is 13.7. The number of carbonyl (C=O) groups is 3. The van der Waals surface area contributed by atoms with Crippen LogP contribution in [0.2, 0.25) is 5.02 Å². The molecule has 3 aliphatic rings. The fourth-order valence-corrected chi connectivity index (χ4v) is 6.60. The molecule has 0 bridgehead atoms. The Kier molecular flexibility index (Phi) is 7.20. The van der Waals surface area contributed by atoms with Crippen LogP contribution in [0.3, 0.4) is 0 Å². The first-order valence-corrected chi connectivity index (χ1v) is 14.2. The number of ketones is 2. The molecule has 0 saturated carbocycles.